The van der Waals surface area contributed by atoms with Crippen LogP contribution in [0, 0.1) is 5.92 Å². The molecule has 3 rings (SSSR count). The molecule has 0 unspecified atom stereocenters. The molecule has 2 aromatic rings. The summed E-state index contributed by atoms with van der Waals surface area (Å²) in [5.41, 5.74) is 0.344. The van der Waals surface area contributed by atoms with Crippen LogP contribution in [0.1, 0.15) is 50.4 Å². The second-order valence-electron chi connectivity index (χ2n) is 11.1. The highest BCUT2D eigenvalue weighted by Crippen LogP contribution is 2.29. The number of hydrogen-bond acceptors (Lipinski definition) is 8. The summed E-state index contributed by atoms with van der Waals surface area (Å²) >= 11 is 5.95. The number of nitrogens with one attached hydrogen (secondary N) is 1. The molecule has 0 bridgehead atoms. The SMILES string of the molecule is C[C@@H]1CCCCO[C@@H](CN(C)S(=O)(=O)c2ccc(Cl)cc2)[C@H](C)CN([C@H](C)CO)C(=O)c2cc(NS(C)(=O)=O)ccc2O1. The zero-order valence-corrected chi connectivity index (χ0v) is 27.6. The van der Waals surface area contributed by atoms with Gasteiger partial charge in [0.2, 0.25) is 20.0 Å². The summed E-state index contributed by atoms with van der Waals surface area (Å²) in [7, 11) is -5.98. The van der Waals surface area contributed by atoms with Gasteiger partial charge >= 0.3 is 0 Å². The van der Waals surface area contributed by atoms with Gasteiger partial charge in [0.15, 0.2) is 0 Å². The number of aliphatic hydroxyl groups is 1. The fourth-order valence-electron chi connectivity index (χ4n) is 4.80. The van der Waals surface area contributed by atoms with E-state index in [0.717, 1.165) is 12.7 Å². The van der Waals surface area contributed by atoms with Gasteiger partial charge in [0.25, 0.3) is 5.91 Å². The van der Waals surface area contributed by atoms with Gasteiger partial charge in [0.1, 0.15) is 5.75 Å². The lowest BCUT2D eigenvalue weighted by Gasteiger charge is -2.35. The average molecular weight is 660 g/mol. The highest BCUT2D eigenvalue weighted by Gasteiger charge is 2.32. The van der Waals surface area contributed by atoms with Gasteiger partial charge in [-0.15, -0.1) is 0 Å². The molecule has 0 radical (unpaired) electrons. The van der Waals surface area contributed by atoms with Gasteiger partial charge in [0, 0.05) is 43.4 Å². The van der Waals surface area contributed by atoms with Crippen molar-refractivity contribution in [1.82, 2.24) is 9.21 Å². The topological polar surface area (TPSA) is 143 Å². The normalized spacial score (nSPS) is 21.9. The van der Waals surface area contributed by atoms with Crippen LogP contribution in [0.25, 0.3) is 0 Å². The van der Waals surface area contributed by atoms with Crippen LogP contribution in [0.15, 0.2) is 47.4 Å². The minimum atomic E-state index is -3.85. The number of rotatable bonds is 8. The number of anilines is 1. The standard InChI is InChI=1S/C29H42ClN3O8S2/c1-20-17-33(21(2)19-34)29(35)26-16-24(31-42(5,36)37)11-14-27(26)41-22(3)8-6-7-15-40-28(20)18-32(4)43(38,39)25-12-9-23(30)10-13-25/h9-14,16,20-22,28,31,34H,6-8,15,17-19H2,1-5H3/t20-,21-,22-,28+/m1/s1. The number of amides is 1. The van der Waals surface area contributed by atoms with E-state index in [1.165, 1.54) is 52.7 Å². The molecule has 4 atom stereocenters. The molecule has 0 aromatic heterocycles. The van der Waals surface area contributed by atoms with Crippen LogP contribution >= 0.6 is 11.6 Å². The van der Waals surface area contributed by atoms with Gasteiger partial charge in [-0.3, -0.25) is 9.52 Å². The van der Waals surface area contributed by atoms with E-state index in [9.17, 15) is 26.7 Å². The third-order valence-electron chi connectivity index (χ3n) is 7.31. The lowest BCUT2D eigenvalue weighted by molar-refractivity contribution is -0.00833. The fraction of sp³-hybridized carbons (Fsp3) is 0.552. The molecule has 43 heavy (non-hydrogen) atoms. The van der Waals surface area contributed by atoms with Crippen LogP contribution in [-0.2, 0) is 24.8 Å². The van der Waals surface area contributed by atoms with E-state index in [0.29, 0.717) is 30.2 Å². The summed E-state index contributed by atoms with van der Waals surface area (Å²) in [5, 5.41) is 10.5. The van der Waals surface area contributed by atoms with Crippen LogP contribution in [0.4, 0.5) is 5.69 Å². The largest absolute Gasteiger partial charge is 0.490 e. The van der Waals surface area contributed by atoms with Gasteiger partial charge in [-0.05, 0) is 75.6 Å². The van der Waals surface area contributed by atoms with Gasteiger partial charge < -0.3 is 19.5 Å². The molecule has 0 aliphatic carbocycles. The van der Waals surface area contributed by atoms with Gasteiger partial charge in [0.05, 0.1) is 41.6 Å². The Morgan fingerprint density at radius 2 is 1.79 bits per heavy atom. The molecule has 0 fully saturated rings. The van der Waals surface area contributed by atoms with E-state index in [4.69, 9.17) is 21.1 Å². The summed E-state index contributed by atoms with van der Waals surface area (Å²) in [6, 6.07) is 9.84. The van der Waals surface area contributed by atoms with Crippen LogP contribution in [0.2, 0.25) is 5.02 Å². The van der Waals surface area contributed by atoms with Crippen LogP contribution < -0.4 is 9.46 Å². The minimum Gasteiger partial charge on any atom is -0.490 e. The maximum Gasteiger partial charge on any atom is 0.258 e. The van der Waals surface area contributed by atoms with E-state index in [2.05, 4.69) is 4.72 Å². The highest BCUT2D eigenvalue weighted by atomic mass is 35.5. The average Bonchev–Trinajstić information content (AvgIpc) is 2.93. The molecule has 0 saturated carbocycles. The number of aliphatic hydroxyl groups excluding tert-OH is 1. The first-order valence-corrected chi connectivity index (χ1v) is 17.9. The van der Waals surface area contributed by atoms with Crippen molar-refractivity contribution in [3.8, 4) is 5.75 Å². The summed E-state index contributed by atoms with van der Waals surface area (Å²) < 4.78 is 66.5. The Morgan fingerprint density at radius 3 is 2.42 bits per heavy atom. The van der Waals surface area contributed by atoms with Crippen LogP contribution in [0.3, 0.4) is 0 Å². The molecular weight excluding hydrogens is 618 g/mol. The van der Waals surface area contributed by atoms with Crippen molar-refractivity contribution >= 4 is 43.2 Å². The monoisotopic (exact) mass is 659 g/mol. The summed E-state index contributed by atoms with van der Waals surface area (Å²) in [4.78, 5) is 15.7. The summed E-state index contributed by atoms with van der Waals surface area (Å²) in [5.74, 6) is -0.520. The maximum atomic E-state index is 14.1. The van der Waals surface area contributed by atoms with Crippen LogP contribution in [0.5, 0.6) is 5.75 Å². The Kier molecular flexibility index (Phi) is 12.3. The van der Waals surface area contributed by atoms with Crippen molar-refractivity contribution in [1.29, 1.82) is 0 Å². The summed E-state index contributed by atoms with van der Waals surface area (Å²) in [6.45, 7) is 5.66. The molecule has 1 aliphatic heterocycles. The Hall–Kier alpha value is -2.42. The van der Waals surface area contributed by atoms with Crippen molar-refractivity contribution in [2.75, 3.05) is 44.3 Å². The van der Waals surface area contributed by atoms with E-state index >= 15 is 0 Å². The quantitative estimate of drug-likeness (QED) is 0.436. The zero-order valence-electron chi connectivity index (χ0n) is 25.2. The first-order valence-electron chi connectivity index (χ1n) is 14.2. The third-order valence-corrected chi connectivity index (χ3v) is 10.0. The fourth-order valence-corrected chi connectivity index (χ4v) is 6.66. The van der Waals surface area contributed by atoms with Crippen LogP contribution in [-0.4, -0.2) is 94.9 Å². The molecular formula is C29H42ClN3O8S2. The van der Waals surface area contributed by atoms with E-state index in [1.807, 2.05) is 13.8 Å². The smallest absolute Gasteiger partial charge is 0.258 e. The molecule has 1 amide bonds. The lowest BCUT2D eigenvalue weighted by atomic mass is 10.0. The van der Waals surface area contributed by atoms with Crippen molar-refractivity contribution in [3.63, 3.8) is 0 Å². The third kappa shape index (κ3) is 9.79. The number of nitrogens with zero attached hydrogens (tertiary/aromatic N) is 2. The van der Waals surface area contributed by atoms with Crippen molar-refractivity contribution in [2.45, 2.75) is 63.2 Å². The minimum absolute atomic E-state index is 0.0280. The second kappa shape index (κ2) is 15.0. The molecule has 14 heteroatoms. The van der Waals surface area contributed by atoms with Crippen molar-refractivity contribution in [3.05, 3.63) is 53.1 Å². The number of carbonyl (C=O) groups excluding carboxylic acids is 1. The summed E-state index contributed by atoms with van der Waals surface area (Å²) in [6.07, 6.45) is 2.34. The Bertz CT molecular complexity index is 1450. The van der Waals surface area contributed by atoms with Gasteiger partial charge in [-0.25, -0.2) is 16.8 Å². The zero-order chi connectivity index (χ0) is 31.9. The molecule has 0 spiro atoms. The Balaban J connectivity index is 1.98. The van der Waals surface area contributed by atoms with E-state index in [1.54, 1.807) is 13.0 Å². The van der Waals surface area contributed by atoms with Gasteiger partial charge in [-0.1, -0.05) is 18.5 Å². The maximum absolute atomic E-state index is 14.1. The number of halogens is 1. The van der Waals surface area contributed by atoms with E-state index in [-0.39, 0.29) is 47.9 Å². The molecule has 2 aromatic carbocycles. The molecule has 1 heterocycles. The lowest BCUT2D eigenvalue weighted by Crippen LogP contribution is -2.48. The number of sulfonamides is 2. The molecule has 0 saturated heterocycles. The van der Waals surface area contributed by atoms with Crippen molar-refractivity contribution < 1.29 is 36.2 Å². The second-order valence-corrected chi connectivity index (χ2v) is 15.4. The Morgan fingerprint density at radius 1 is 1.12 bits per heavy atom. The number of carbonyl (C=O) groups is 1. The first kappa shape index (κ1) is 35.1. The molecule has 240 valence electrons. The van der Waals surface area contributed by atoms with Gasteiger partial charge in [-0.2, -0.15) is 4.31 Å². The number of ether oxygens (including phenoxy) is 2. The Labute approximate surface area is 260 Å². The predicted octanol–water partition coefficient (Wildman–Crippen LogP) is 3.83. The van der Waals surface area contributed by atoms with Crippen molar-refractivity contribution in [2.24, 2.45) is 5.92 Å². The predicted molar refractivity (Wildman–Crippen MR) is 167 cm³/mol. The molecule has 1 aliphatic rings. The first-order chi connectivity index (χ1) is 20.1. The number of likely N-dealkylation sites (N-methyl/N-ethyl adjacent to an activating group) is 1. The number of hydrogen-bond donors (Lipinski definition) is 2. The number of fused-ring (bicyclic) bond motifs is 1. The molecule has 2 N–H and O–H groups in total. The molecule has 11 nitrogen and oxygen atoms in total. The highest BCUT2D eigenvalue weighted by molar-refractivity contribution is 7.92. The number of benzene rings is 2. The van der Waals surface area contributed by atoms with E-state index < -0.39 is 38.1 Å².